The van der Waals surface area contributed by atoms with E-state index in [1.807, 2.05) is 32.0 Å². The molecule has 1 atom stereocenters. The number of carbonyl (C=O) groups excluding carboxylic acids is 2. The van der Waals surface area contributed by atoms with E-state index >= 15 is 0 Å². The Kier molecular flexibility index (Phi) is 10.7. The second kappa shape index (κ2) is 14.6. The van der Waals surface area contributed by atoms with Crippen LogP contribution in [0.25, 0.3) is 11.3 Å². The Morgan fingerprint density at radius 3 is 2.42 bits per heavy atom. The maximum Gasteiger partial charge on any atom is 0.264 e. The quantitative estimate of drug-likeness (QED) is 0.394. The number of hydrogen-bond donors (Lipinski definition) is 1. The molecule has 3 aromatic rings. The lowest BCUT2D eigenvalue weighted by atomic mass is 9.87. The van der Waals surface area contributed by atoms with Crippen molar-refractivity contribution in [3.8, 4) is 17.1 Å². The molecule has 1 N–H and O–H groups in total. The zero-order valence-corrected chi connectivity index (χ0v) is 29.5. The van der Waals surface area contributed by atoms with Crippen LogP contribution in [0.2, 0.25) is 0 Å². The van der Waals surface area contributed by atoms with Gasteiger partial charge >= 0.3 is 0 Å². The zero-order chi connectivity index (χ0) is 34.6. The van der Waals surface area contributed by atoms with Gasteiger partial charge in [0, 0.05) is 50.4 Å². The number of likely N-dealkylation sites (N-methyl/N-ethyl adjacent to an activating group) is 1. The Bertz CT molecular complexity index is 1730. The molecule has 0 unspecified atom stereocenters. The predicted molar refractivity (Wildman–Crippen MR) is 183 cm³/mol. The normalized spacial score (nSPS) is 18.5. The molecular weight excluding hydrogens is 632 g/mol. The Morgan fingerprint density at radius 2 is 1.73 bits per heavy atom. The van der Waals surface area contributed by atoms with E-state index in [1.165, 1.54) is 23.1 Å². The first kappa shape index (κ1) is 35.2. The van der Waals surface area contributed by atoms with Crippen molar-refractivity contribution in [1.29, 1.82) is 0 Å². The fraction of sp³-hybridized carbons (Fsp3) is 0.486. The minimum absolute atomic E-state index is 0.0167. The van der Waals surface area contributed by atoms with Crippen LogP contribution in [0.5, 0.6) is 5.88 Å². The summed E-state index contributed by atoms with van der Waals surface area (Å²) in [5.74, 6) is -0.700. The zero-order valence-electron chi connectivity index (χ0n) is 28.7. The van der Waals surface area contributed by atoms with Gasteiger partial charge in [0.2, 0.25) is 17.7 Å². The van der Waals surface area contributed by atoms with E-state index in [1.54, 1.807) is 24.1 Å². The largest absolute Gasteiger partial charge is 0.475 e. The summed E-state index contributed by atoms with van der Waals surface area (Å²) in [6, 6.07) is 12.8. The number of sulfonamides is 1. The van der Waals surface area contributed by atoms with Gasteiger partial charge in [-0.25, -0.2) is 18.1 Å². The van der Waals surface area contributed by atoms with Crippen LogP contribution in [0.15, 0.2) is 53.4 Å². The summed E-state index contributed by atoms with van der Waals surface area (Å²) in [7, 11) is -2.47. The number of rotatable bonds is 7. The lowest BCUT2D eigenvalue weighted by Crippen LogP contribution is -2.51. The summed E-state index contributed by atoms with van der Waals surface area (Å²) in [6.07, 6.45) is 0.501. The highest BCUT2D eigenvalue weighted by molar-refractivity contribution is 7.92. The Hall–Kier alpha value is -4.07. The number of ether oxygens (including phenoxy) is 2. The minimum atomic E-state index is -4.21. The van der Waals surface area contributed by atoms with Crippen molar-refractivity contribution in [2.24, 2.45) is 5.41 Å². The fourth-order valence-corrected chi connectivity index (χ4v) is 7.04. The summed E-state index contributed by atoms with van der Waals surface area (Å²) in [6.45, 7) is 14.0. The number of hydrogen-bond acceptors (Lipinski definition) is 9. The number of aryl methyl sites for hydroxylation is 2. The molecule has 12 nitrogen and oxygen atoms in total. The molecule has 3 heterocycles. The molecule has 0 radical (unpaired) electrons. The van der Waals surface area contributed by atoms with Gasteiger partial charge in [-0.3, -0.25) is 14.5 Å². The molecule has 48 heavy (non-hydrogen) atoms. The molecule has 2 aliphatic heterocycles. The third kappa shape index (κ3) is 8.69. The van der Waals surface area contributed by atoms with Crippen LogP contribution >= 0.6 is 0 Å². The second-order valence-corrected chi connectivity index (χ2v) is 15.4. The van der Waals surface area contributed by atoms with E-state index in [-0.39, 0.29) is 46.8 Å². The van der Waals surface area contributed by atoms with E-state index in [0.29, 0.717) is 38.4 Å². The maximum atomic E-state index is 14.3. The van der Waals surface area contributed by atoms with Crippen LogP contribution in [0, 0.1) is 19.3 Å². The maximum absolute atomic E-state index is 14.3. The number of anilines is 1. The molecule has 2 aliphatic rings. The molecule has 2 amide bonds. The molecule has 0 aliphatic carbocycles. The molecule has 5 rings (SSSR count). The Balaban J connectivity index is 1.55. The van der Waals surface area contributed by atoms with Crippen molar-refractivity contribution in [1.82, 2.24) is 24.7 Å². The standard InChI is InChI=1S/C35H46N6O6S/c1-24-9-7-10-25(2)32(24)29-20-30-37-34(36-29)38-48(44,45)28-12-8-11-26(19-28)33(43)41(27(23-47-30)21-35(3,4)5)22-31(42)39(6)13-14-40-15-17-46-18-16-40/h7-12,19-20,27H,13-18,21-23H2,1-6H3,(H,36,37,38)/t27-/m1/s1. The summed E-state index contributed by atoms with van der Waals surface area (Å²) in [4.78, 5) is 42.3. The third-order valence-electron chi connectivity index (χ3n) is 8.62. The first-order chi connectivity index (χ1) is 22.7. The van der Waals surface area contributed by atoms with Gasteiger partial charge in [-0.1, -0.05) is 45.0 Å². The summed E-state index contributed by atoms with van der Waals surface area (Å²) in [5, 5.41) is 0. The lowest BCUT2D eigenvalue weighted by molar-refractivity contribution is -0.131. The smallest absolute Gasteiger partial charge is 0.264 e. The van der Waals surface area contributed by atoms with Gasteiger partial charge in [-0.15, -0.1) is 0 Å². The Labute approximate surface area is 283 Å². The number of aromatic nitrogens is 2. The van der Waals surface area contributed by atoms with Gasteiger partial charge < -0.3 is 19.3 Å². The van der Waals surface area contributed by atoms with Gasteiger partial charge in [0.05, 0.1) is 29.8 Å². The molecule has 1 saturated heterocycles. The molecule has 13 heteroatoms. The average molecular weight is 679 g/mol. The van der Waals surface area contributed by atoms with Crippen LogP contribution < -0.4 is 9.46 Å². The molecule has 0 saturated carbocycles. The topological polar surface area (TPSA) is 134 Å². The predicted octanol–water partition coefficient (Wildman–Crippen LogP) is 3.99. The van der Waals surface area contributed by atoms with E-state index in [4.69, 9.17) is 9.47 Å². The van der Waals surface area contributed by atoms with Crippen LogP contribution in [0.4, 0.5) is 5.95 Å². The average Bonchev–Trinajstić information content (AvgIpc) is 3.03. The molecule has 2 aromatic carbocycles. The van der Waals surface area contributed by atoms with Crippen LogP contribution in [-0.4, -0.2) is 111 Å². The Morgan fingerprint density at radius 1 is 1.04 bits per heavy atom. The number of nitrogens with zero attached hydrogens (tertiary/aromatic N) is 5. The number of morpholine rings is 1. The van der Waals surface area contributed by atoms with Gasteiger partial charge in [0.1, 0.15) is 13.2 Å². The molecular formula is C35H46N6O6S. The number of fused-ring (bicyclic) bond motifs is 4. The highest BCUT2D eigenvalue weighted by atomic mass is 32.2. The van der Waals surface area contributed by atoms with Crippen molar-refractivity contribution in [2.75, 3.05) is 64.3 Å². The van der Waals surface area contributed by atoms with E-state index in [0.717, 1.165) is 29.8 Å². The number of carbonyl (C=O) groups is 2. The van der Waals surface area contributed by atoms with Gasteiger partial charge in [0.15, 0.2) is 0 Å². The molecule has 1 fully saturated rings. The summed E-state index contributed by atoms with van der Waals surface area (Å²) in [5.41, 5.74) is 3.14. The van der Waals surface area contributed by atoms with E-state index in [2.05, 4.69) is 40.4 Å². The van der Waals surface area contributed by atoms with Crippen LogP contribution in [0.3, 0.4) is 0 Å². The number of amides is 2. The second-order valence-electron chi connectivity index (χ2n) is 13.7. The highest BCUT2D eigenvalue weighted by Crippen LogP contribution is 2.31. The monoisotopic (exact) mass is 678 g/mol. The fourth-order valence-electron chi connectivity index (χ4n) is 6.05. The first-order valence-electron chi connectivity index (χ1n) is 16.3. The summed E-state index contributed by atoms with van der Waals surface area (Å²) >= 11 is 0. The van der Waals surface area contributed by atoms with Crippen molar-refractivity contribution < 1.29 is 27.5 Å². The van der Waals surface area contributed by atoms with Gasteiger partial charge in [0.25, 0.3) is 15.9 Å². The lowest BCUT2D eigenvalue weighted by Gasteiger charge is -2.36. The van der Waals surface area contributed by atoms with Crippen LogP contribution in [0.1, 0.15) is 48.7 Å². The van der Waals surface area contributed by atoms with E-state index < -0.39 is 22.0 Å². The third-order valence-corrected chi connectivity index (χ3v) is 9.94. The summed E-state index contributed by atoms with van der Waals surface area (Å²) < 4.78 is 41.5. The molecule has 4 bridgehead atoms. The first-order valence-corrected chi connectivity index (χ1v) is 17.7. The van der Waals surface area contributed by atoms with E-state index in [9.17, 15) is 18.0 Å². The van der Waals surface area contributed by atoms with Crippen molar-refractivity contribution in [3.63, 3.8) is 0 Å². The van der Waals surface area contributed by atoms with Crippen LogP contribution in [-0.2, 0) is 19.6 Å². The SMILES string of the molecule is Cc1cccc(C)c1-c1cc2nc(n1)NS(=O)(=O)c1cccc(c1)C(=O)N(CC(=O)N(C)CCN1CCOCC1)[C@H](CC(C)(C)C)CO2. The highest BCUT2D eigenvalue weighted by Gasteiger charge is 2.33. The van der Waals surface area contributed by atoms with Crippen molar-refractivity contribution in [2.45, 2.75) is 52.0 Å². The molecule has 0 spiro atoms. The number of benzene rings is 2. The van der Waals surface area contributed by atoms with Crippen molar-refractivity contribution >= 4 is 27.8 Å². The van der Waals surface area contributed by atoms with Gasteiger partial charge in [-0.2, -0.15) is 4.98 Å². The number of nitrogens with one attached hydrogen (secondary N) is 1. The van der Waals surface area contributed by atoms with Crippen molar-refractivity contribution in [3.05, 3.63) is 65.2 Å². The molecule has 1 aromatic heterocycles. The minimum Gasteiger partial charge on any atom is -0.475 e. The molecule has 258 valence electrons. The van der Waals surface area contributed by atoms with Gasteiger partial charge in [-0.05, 0) is 55.0 Å².